The fourth-order valence-electron chi connectivity index (χ4n) is 2.23. The number of benzene rings is 1. The van der Waals surface area contributed by atoms with E-state index in [9.17, 15) is 21.6 Å². The van der Waals surface area contributed by atoms with E-state index in [2.05, 4.69) is 14.4 Å². The minimum absolute atomic E-state index is 0.0179. The Morgan fingerprint density at radius 2 is 1.85 bits per heavy atom. The van der Waals surface area contributed by atoms with Crippen molar-refractivity contribution in [2.45, 2.75) is 17.8 Å². The third-order valence-corrected chi connectivity index (χ3v) is 5.74. The molecule has 27 heavy (non-hydrogen) atoms. The number of pyridine rings is 1. The number of nitrogens with zero attached hydrogens (tertiary/aromatic N) is 1. The number of nitrogens with one attached hydrogen (secondary N) is 1. The molecule has 3 rings (SSSR count). The lowest BCUT2D eigenvalue weighted by molar-refractivity contribution is -0.274. The Balaban J connectivity index is 1.69. The first-order valence-corrected chi connectivity index (χ1v) is 9.93. The second kappa shape index (κ2) is 7.67. The minimum Gasteiger partial charge on any atom is -0.406 e. The van der Waals surface area contributed by atoms with Crippen molar-refractivity contribution in [3.05, 3.63) is 65.7 Å². The van der Waals surface area contributed by atoms with Crippen molar-refractivity contribution in [1.29, 1.82) is 0 Å². The molecule has 5 nitrogen and oxygen atoms in total. The highest BCUT2D eigenvalue weighted by molar-refractivity contribution is 7.89. The van der Waals surface area contributed by atoms with Crippen LogP contribution in [0.1, 0.15) is 5.56 Å². The van der Waals surface area contributed by atoms with E-state index in [0.717, 1.165) is 34.8 Å². The zero-order valence-corrected chi connectivity index (χ0v) is 15.2. The summed E-state index contributed by atoms with van der Waals surface area (Å²) in [6.07, 6.45) is -3.25. The number of alkyl halides is 3. The van der Waals surface area contributed by atoms with Crippen LogP contribution in [-0.2, 0) is 16.6 Å². The van der Waals surface area contributed by atoms with Gasteiger partial charge in [-0.25, -0.2) is 13.1 Å². The van der Waals surface area contributed by atoms with Crippen LogP contribution >= 0.6 is 11.3 Å². The summed E-state index contributed by atoms with van der Waals surface area (Å²) in [5, 5.41) is 1.92. The van der Waals surface area contributed by atoms with E-state index in [1.807, 2.05) is 17.5 Å². The fraction of sp³-hybridized carbons (Fsp3) is 0.118. The van der Waals surface area contributed by atoms with Gasteiger partial charge in [0.15, 0.2) is 0 Å². The second-order valence-electron chi connectivity index (χ2n) is 5.37. The maximum atomic E-state index is 12.3. The molecule has 1 aromatic carbocycles. The van der Waals surface area contributed by atoms with Gasteiger partial charge in [0.05, 0.1) is 15.5 Å². The van der Waals surface area contributed by atoms with Crippen molar-refractivity contribution < 1.29 is 26.3 Å². The molecule has 0 spiro atoms. The number of sulfonamides is 1. The van der Waals surface area contributed by atoms with Crippen LogP contribution in [0.5, 0.6) is 5.75 Å². The Labute approximate surface area is 157 Å². The molecule has 2 heterocycles. The van der Waals surface area contributed by atoms with Crippen molar-refractivity contribution in [2.75, 3.05) is 0 Å². The lowest BCUT2D eigenvalue weighted by Crippen LogP contribution is -2.23. The number of aromatic nitrogens is 1. The molecular formula is C17H13F3N2O3S2. The third kappa shape index (κ3) is 5.28. The molecular weight excluding hydrogens is 401 g/mol. The van der Waals surface area contributed by atoms with Crippen molar-refractivity contribution in [2.24, 2.45) is 0 Å². The van der Waals surface area contributed by atoms with Crippen molar-refractivity contribution >= 4 is 21.4 Å². The number of hydrogen-bond acceptors (Lipinski definition) is 5. The van der Waals surface area contributed by atoms with Crippen LogP contribution in [0.15, 0.2) is 65.0 Å². The average Bonchev–Trinajstić information content (AvgIpc) is 3.14. The number of rotatable bonds is 6. The van der Waals surface area contributed by atoms with Crippen LogP contribution in [0.2, 0.25) is 0 Å². The average molecular weight is 414 g/mol. The molecule has 0 radical (unpaired) electrons. The van der Waals surface area contributed by atoms with Crippen LogP contribution in [0, 0.1) is 0 Å². The van der Waals surface area contributed by atoms with Crippen LogP contribution in [-0.4, -0.2) is 19.8 Å². The zero-order chi connectivity index (χ0) is 19.5. The van der Waals surface area contributed by atoms with E-state index >= 15 is 0 Å². The fourth-order valence-corrected chi connectivity index (χ4v) is 3.94. The van der Waals surface area contributed by atoms with Crippen molar-refractivity contribution in [1.82, 2.24) is 9.71 Å². The molecule has 0 aliphatic rings. The second-order valence-corrected chi connectivity index (χ2v) is 8.09. The first-order valence-electron chi connectivity index (χ1n) is 7.57. The number of ether oxygens (including phenoxy) is 1. The van der Waals surface area contributed by atoms with Gasteiger partial charge < -0.3 is 4.74 Å². The SMILES string of the molecule is O=S(=O)(NCc1ccnc(-c2cccs2)c1)c1ccc(OC(F)(F)F)cc1. The number of thiophene rings is 1. The Morgan fingerprint density at radius 3 is 2.48 bits per heavy atom. The predicted molar refractivity (Wildman–Crippen MR) is 94.7 cm³/mol. The van der Waals surface area contributed by atoms with Crippen molar-refractivity contribution in [3.63, 3.8) is 0 Å². The molecule has 10 heteroatoms. The van der Waals surface area contributed by atoms with Gasteiger partial charge in [-0.1, -0.05) is 6.07 Å². The van der Waals surface area contributed by atoms with E-state index in [1.54, 1.807) is 18.3 Å². The Hall–Kier alpha value is -2.43. The van der Waals surface area contributed by atoms with Gasteiger partial charge in [0.2, 0.25) is 10.0 Å². The summed E-state index contributed by atoms with van der Waals surface area (Å²) in [4.78, 5) is 5.05. The molecule has 0 fully saturated rings. The topological polar surface area (TPSA) is 68.3 Å². The number of halogens is 3. The standard InChI is InChI=1S/C17H13F3N2O3S2/c18-17(19,20)25-13-3-5-14(6-4-13)27(23,24)22-11-12-7-8-21-15(10-12)16-2-1-9-26-16/h1-10,22H,11H2. The number of hydrogen-bond donors (Lipinski definition) is 1. The summed E-state index contributed by atoms with van der Waals surface area (Å²) in [5.41, 5.74) is 1.43. The normalized spacial score (nSPS) is 12.1. The van der Waals surface area contributed by atoms with Gasteiger partial charge in [-0.15, -0.1) is 24.5 Å². The highest BCUT2D eigenvalue weighted by Crippen LogP contribution is 2.25. The molecule has 2 aromatic heterocycles. The van der Waals surface area contributed by atoms with E-state index in [0.29, 0.717) is 5.56 Å². The molecule has 3 aromatic rings. The Morgan fingerprint density at radius 1 is 1.11 bits per heavy atom. The van der Waals surface area contributed by atoms with Crippen LogP contribution in [0.3, 0.4) is 0 Å². The first-order chi connectivity index (χ1) is 12.7. The molecule has 0 saturated heterocycles. The smallest absolute Gasteiger partial charge is 0.406 e. The highest BCUT2D eigenvalue weighted by atomic mass is 32.2. The Kier molecular flexibility index (Phi) is 5.49. The van der Waals surface area contributed by atoms with Gasteiger partial charge in [0.25, 0.3) is 0 Å². The van der Waals surface area contributed by atoms with Gasteiger partial charge in [-0.2, -0.15) is 0 Å². The van der Waals surface area contributed by atoms with Gasteiger partial charge >= 0.3 is 6.36 Å². The van der Waals surface area contributed by atoms with Crippen LogP contribution in [0.4, 0.5) is 13.2 Å². The monoisotopic (exact) mass is 414 g/mol. The first kappa shape index (κ1) is 19.3. The molecule has 0 bridgehead atoms. The van der Waals surface area contributed by atoms with Gasteiger partial charge in [-0.05, 0) is 53.4 Å². The lowest BCUT2D eigenvalue weighted by Gasteiger charge is -2.10. The maximum Gasteiger partial charge on any atom is 0.573 e. The predicted octanol–water partition coefficient (Wildman–Crippen LogP) is 4.19. The molecule has 0 atom stereocenters. The summed E-state index contributed by atoms with van der Waals surface area (Å²) < 4.78 is 67.3. The van der Waals surface area contributed by atoms with Crippen molar-refractivity contribution in [3.8, 4) is 16.3 Å². The summed E-state index contributed by atoms with van der Waals surface area (Å²) in [5.74, 6) is -0.490. The molecule has 0 amide bonds. The minimum atomic E-state index is -4.83. The molecule has 0 aliphatic carbocycles. The van der Waals surface area contributed by atoms with Gasteiger partial charge in [0, 0.05) is 12.7 Å². The van der Waals surface area contributed by atoms with E-state index in [-0.39, 0.29) is 11.4 Å². The van der Waals surface area contributed by atoms with E-state index in [1.165, 1.54) is 11.3 Å². The molecule has 0 saturated carbocycles. The van der Waals surface area contributed by atoms with Gasteiger partial charge in [0.1, 0.15) is 5.75 Å². The van der Waals surface area contributed by atoms with E-state index < -0.39 is 22.1 Å². The Bertz CT molecular complexity index is 1000. The molecule has 1 N–H and O–H groups in total. The third-order valence-electron chi connectivity index (χ3n) is 3.43. The zero-order valence-electron chi connectivity index (χ0n) is 13.6. The lowest BCUT2D eigenvalue weighted by atomic mass is 10.2. The maximum absolute atomic E-state index is 12.3. The summed E-state index contributed by atoms with van der Waals surface area (Å²) >= 11 is 1.52. The quantitative estimate of drug-likeness (QED) is 0.657. The molecule has 0 aliphatic heterocycles. The largest absolute Gasteiger partial charge is 0.573 e. The molecule has 142 valence electrons. The summed E-state index contributed by atoms with van der Waals surface area (Å²) in [6.45, 7) is 0.0179. The van der Waals surface area contributed by atoms with E-state index in [4.69, 9.17) is 0 Å². The van der Waals surface area contributed by atoms with Crippen LogP contribution < -0.4 is 9.46 Å². The van der Waals surface area contributed by atoms with Gasteiger partial charge in [-0.3, -0.25) is 4.98 Å². The summed E-state index contributed by atoms with van der Waals surface area (Å²) in [6, 6.07) is 11.2. The summed E-state index contributed by atoms with van der Waals surface area (Å²) in [7, 11) is -3.89. The highest BCUT2D eigenvalue weighted by Gasteiger charge is 2.31. The van der Waals surface area contributed by atoms with Crippen LogP contribution in [0.25, 0.3) is 10.6 Å². The molecule has 0 unspecified atom stereocenters.